The molecule has 0 spiro atoms. The number of nitrogens with one attached hydrogen (secondary N) is 2. The van der Waals surface area contributed by atoms with Gasteiger partial charge in [0.2, 0.25) is 5.91 Å². The number of pyridine rings is 1. The van der Waals surface area contributed by atoms with Gasteiger partial charge in [-0.25, -0.2) is 15.2 Å². The first-order chi connectivity index (χ1) is 30.9. The fraction of sp³-hybridized carbons (Fsp3) is 0.592. The number of cyclic esters (lactones) is 1. The van der Waals surface area contributed by atoms with Crippen molar-refractivity contribution >= 4 is 100 Å². The molecule has 4 amide bonds. The molecule has 3 aromatic heterocycles. The van der Waals surface area contributed by atoms with E-state index in [0.29, 0.717) is 43.3 Å². The molecule has 0 saturated carbocycles. The van der Waals surface area contributed by atoms with Crippen LogP contribution in [-0.4, -0.2) is 138 Å². The van der Waals surface area contributed by atoms with Crippen LogP contribution in [0.25, 0.3) is 33.4 Å². The summed E-state index contributed by atoms with van der Waals surface area (Å²) in [6, 6.07) is 5.87. The molecule has 6 heterocycles. The largest absolute Gasteiger partial charge is 0.464 e. The molecule has 2 saturated heterocycles. The Kier molecular flexibility index (Phi) is 21.9. The molecule has 4 aromatic rings. The summed E-state index contributed by atoms with van der Waals surface area (Å²) < 4.78 is 14.5. The first kappa shape index (κ1) is 59.8. The quantitative estimate of drug-likeness (QED) is 0.166. The second kappa shape index (κ2) is 25.2. The topological polar surface area (TPSA) is 154 Å². The van der Waals surface area contributed by atoms with E-state index in [1.165, 1.54) is 31.7 Å². The molecule has 6 bridgehead atoms. The maximum Gasteiger partial charge on any atom is 0.324 e. The van der Waals surface area contributed by atoms with Gasteiger partial charge >= 0.3 is 12.0 Å². The molecular weight excluding hydrogens is 971 g/mol. The number of thiazole rings is 1. The molecule has 0 radical (unpaired) electrons. The molecule has 7 rings (SSSR count). The van der Waals surface area contributed by atoms with Crippen molar-refractivity contribution in [1.82, 2.24) is 45.0 Å². The van der Waals surface area contributed by atoms with Gasteiger partial charge in [-0.1, -0.05) is 33.8 Å². The smallest absolute Gasteiger partial charge is 0.324 e. The van der Waals surface area contributed by atoms with Crippen molar-refractivity contribution in [3.8, 4) is 22.5 Å². The molecule has 4 atom stereocenters. The number of hydrazine groups is 1. The van der Waals surface area contributed by atoms with E-state index in [1.807, 2.05) is 26.2 Å². The van der Waals surface area contributed by atoms with Crippen LogP contribution in [0.4, 0.5) is 4.79 Å². The van der Waals surface area contributed by atoms with Gasteiger partial charge in [0.1, 0.15) is 18.1 Å². The van der Waals surface area contributed by atoms with Crippen LogP contribution in [-0.2, 0) is 43.2 Å². The molecule has 3 aliphatic rings. The number of amides is 4. The van der Waals surface area contributed by atoms with Crippen LogP contribution in [0.3, 0.4) is 0 Å². The standard InChI is InChI=1S/C49H69N9O6S.4H2S/c1-12-57-40-16-15-32-22-34(40)36(44(57)35-23-33(26-50-42(35)30(4)63-11)31-17-20-55(9)21-18-31)25-49(5,6)28-64-47(61)37-14-13-19-58(53-37)46(60)38(24-41-51-39(32)27-65-41)52-45(59)43(29(2)3)56(10)48(62)54(7)8;;;;/h15-16,22-23,26-27,29-31,37-38,43,53H,12-14,17-21,24-25,28H2,1-11H3,(H,52,59);4*1H2/t30-,37-,38-,43-;;;;/m0..../s1. The van der Waals surface area contributed by atoms with Gasteiger partial charge in [-0.2, -0.15) is 54.0 Å². The van der Waals surface area contributed by atoms with Gasteiger partial charge in [-0.3, -0.25) is 24.4 Å². The number of carbonyl (C=O) groups excluding carboxylic acids is 4. The summed E-state index contributed by atoms with van der Waals surface area (Å²) in [7, 11) is 8.78. The maximum absolute atomic E-state index is 14.5. The number of methoxy groups -OCH3 is 1. The predicted octanol–water partition coefficient (Wildman–Crippen LogP) is 7.10. The van der Waals surface area contributed by atoms with E-state index < -0.39 is 41.3 Å². The number of hydrogen-bond donors (Lipinski definition) is 2. The van der Waals surface area contributed by atoms with Crippen molar-refractivity contribution in [3.63, 3.8) is 0 Å². The molecule has 2 N–H and O–H groups in total. The van der Waals surface area contributed by atoms with E-state index in [2.05, 4.69) is 78.5 Å². The highest BCUT2D eigenvalue weighted by atomic mass is 32.1. The third kappa shape index (κ3) is 13.1. The number of ether oxygens (including phenoxy) is 2. The number of aromatic nitrogens is 3. The minimum atomic E-state index is -1.04. The Labute approximate surface area is 441 Å². The summed E-state index contributed by atoms with van der Waals surface area (Å²) in [5, 5.41) is 8.20. The number of piperidine rings is 1. The van der Waals surface area contributed by atoms with Crippen LogP contribution in [0.15, 0.2) is 35.8 Å². The zero-order valence-electron chi connectivity index (χ0n) is 42.2. The highest BCUT2D eigenvalue weighted by Crippen LogP contribution is 2.43. The molecule has 0 unspecified atom stereocenters. The number of rotatable bonds is 9. The normalized spacial score (nSPS) is 19.7. The molecule has 0 aliphatic carbocycles. The number of hydrogen-bond acceptors (Lipinski definition) is 11. The molecule has 1 aromatic carbocycles. The van der Waals surface area contributed by atoms with Crippen LogP contribution < -0.4 is 10.7 Å². The number of esters is 1. The van der Waals surface area contributed by atoms with Gasteiger partial charge in [0.25, 0.3) is 5.91 Å². The number of nitrogens with zero attached hydrogens (tertiary/aromatic N) is 7. The molecule has 20 heteroatoms. The lowest BCUT2D eigenvalue weighted by atomic mass is 9.83. The van der Waals surface area contributed by atoms with Crippen LogP contribution in [0, 0.1) is 11.3 Å². The van der Waals surface area contributed by atoms with E-state index in [1.54, 1.807) is 28.3 Å². The van der Waals surface area contributed by atoms with Gasteiger partial charge in [-0.15, -0.1) is 11.3 Å². The Balaban J connectivity index is 0.00000315. The van der Waals surface area contributed by atoms with Crippen LogP contribution in [0.2, 0.25) is 0 Å². The van der Waals surface area contributed by atoms with Crippen molar-refractivity contribution < 1.29 is 28.7 Å². The second-order valence-electron chi connectivity index (χ2n) is 19.6. The van der Waals surface area contributed by atoms with E-state index in [-0.39, 0.29) is 85.1 Å². The lowest BCUT2D eigenvalue weighted by Crippen LogP contribution is -2.62. The van der Waals surface area contributed by atoms with Gasteiger partial charge in [0.05, 0.1) is 34.8 Å². The minimum absolute atomic E-state index is 0. The monoisotopic (exact) mass is 1050 g/mol. The molecule has 15 nitrogen and oxygen atoms in total. The maximum atomic E-state index is 14.5. The highest BCUT2D eigenvalue weighted by Gasteiger charge is 2.38. The van der Waals surface area contributed by atoms with Crippen molar-refractivity contribution in [3.05, 3.63) is 57.7 Å². The zero-order chi connectivity index (χ0) is 46.9. The number of urea groups is 1. The van der Waals surface area contributed by atoms with Crippen LogP contribution >= 0.6 is 65.3 Å². The Morgan fingerprint density at radius 1 is 1.03 bits per heavy atom. The fourth-order valence-electron chi connectivity index (χ4n) is 9.81. The first-order valence-electron chi connectivity index (χ1n) is 23.2. The number of carbonyl (C=O) groups is 4. The van der Waals surface area contributed by atoms with Crippen molar-refractivity contribution in [2.24, 2.45) is 11.3 Å². The second-order valence-corrected chi connectivity index (χ2v) is 20.5. The van der Waals surface area contributed by atoms with Crippen molar-refractivity contribution in [1.29, 1.82) is 0 Å². The number of fused-ring (bicyclic) bond motifs is 6. The zero-order valence-corrected chi connectivity index (χ0v) is 47.0. The lowest BCUT2D eigenvalue weighted by Gasteiger charge is -2.36. The molecule has 384 valence electrons. The van der Waals surface area contributed by atoms with E-state index >= 15 is 0 Å². The third-order valence-electron chi connectivity index (χ3n) is 13.4. The SMILES string of the molecule is CCn1c(-c2cc(C3CCN(C)CC3)cnc2[C@H](C)OC)c2c3cc(ccc31)-c1csc(n1)C[C@H](NC(=O)[C@H](C(C)C)N(C)C(=O)N(C)C)C(=O)N1CCC[C@H](N1)C(=O)OCC(C)(C)C2.S.S.S.S. The number of aryl methyl sites for hydroxylation is 1. The third-order valence-corrected chi connectivity index (χ3v) is 14.3. The van der Waals surface area contributed by atoms with Gasteiger partial charge in [-0.05, 0) is 107 Å². The predicted molar refractivity (Wildman–Crippen MR) is 296 cm³/mol. The minimum Gasteiger partial charge on any atom is -0.464 e. The molecule has 69 heavy (non-hydrogen) atoms. The fourth-order valence-corrected chi connectivity index (χ4v) is 10.7. The summed E-state index contributed by atoms with van der Waals surface area (Å²) in [5.74, 6) is -1.13. The van der Waals surface area contributed by atoms with Crippen molar-refractivity contribution in [2.75, 3.05) is 61.5 Å². The molecule has 3 aliphatic heterocycles. The van der Waals surface area contributed by atoms with Gasteiger partial charge in [0.15, 0.2) is 0 Å². The lowest BCUT2D eigenvalue weighted by molar-refractivity contribution is -0.155. The average molecular weight is 1050 g/mol. The number of benzene rings is 1. The Bertz CT molecular complexity index is 2400. The van der Waals surface area contributed by atoms with Gasteiger partial charge < -0.3 is 34.1 Å². The van der Waals surface area contributed by atoms with Crippen molar-refractivity contribution in [2.45, 2.75) is 117 Å². The Morgan fingerprint density at radius 3 is 2.36 bits per heavy atom. The number of likely N-dealkylation sites (tertiary alicyclic amines) is 1. The summed E-state index contributed by atoms with van der Waals surface area (Å²) in [6.07, 6.45) is 5.69. The van der Waals surface area contributed by atoms with Gasteiger partial charge in [0, 0.05) is 86.8 Å². The summed E-state index contributed by atoms with van der Waals surface area (Å²) in [4.78, 5) is 71.2. The van der Waals surface area contributed by atoms with E-state index in [0.717, 1.165) is 70.6 Å². The summed E-state index contributed by atoms with van der Waals surface area (Å²) in [5.41, 5.74) is 10.8. The first-order valence-corrected chi connectivity index (χ1v) is 24.1. The Hall–Kier alpha value is -3.50. The molecule has 2 fully saturated rings. The van der Waals surface area contributed by atoms with E-state index in [9.17, 15) is 19.2 Å². The van der Waals surface area contributed by atoms with Crippen LogP contribution in [0.5, 0.6) is 0 Å². The summed E-state index contributed by atoms with van der Waals surface area (Å²) in [6.45, 7) is 15.5. The molecular formula is C49H77N9O6S5. The van der Waals surface area contributed by atoms with Crippen LogP contribution in [0.1, 0.15) is 101 Å². The Morgan fingerprint density at radius 2 is 1.72 bits per heavy atom. The average Bonchev–Trinajstić information content (AvgIpc) is 3.88. The highest BCUT2D eigenvalue weighted by molar-refractivity contribution is 7.59. The number of likely N-dealkylation sites (N-methyl/N-ethyl adjacent to an activating group) is 1. The summed E-state index contributed by atoms with van der Waals surface area (Å²) >= 11 is 1.43. The van der Waals surface area contributed by atoms with E-state index in [4.69, 9.17) is 19.4 Å².